The number of carbonyl (C=O) groups excluding carboxylic acids is 1. The van der Waals surface area contributed by atoms with Crippen LogP contribution in [0.4, 0.5) is 0 Å². The fourth-order valence-corrected chi connectivity index (χ4v) is 0.597. The van der Waals surface area contributed by atoms with E-state index in [1.807, 2.05) is 0 Å². The zero-order chi connectivity index (χ0) is 7.56. The molecule has 56 valence electrons. The summed E-state index contributed by atoms with van der Waals surface area (Å²) in [6.07, 6.45) is -0.683. The number of nitrogens with two attached hydrogens (primary N) is 1. The average molecular weight is 144 g/mol. The van der Waals surface area contributed by atoms with Crippen LogP contribution < -0.4 is 5.73 Å². The molecule has 0 spiro atoms. The van der Waals surface area contributed by atoms with Gasteiger partial charge in [-0.3, -0.25) is 4.79 Å². The van der Waals surface area contributed by atoms with E-state index in [2.05, 4.69) is 9.99 Å². The Balaban J connectivity index is 2.53. The maximum Gasteiger partial charge on any atom is 0.262 e. The first kappa shape index (κ1) is 6.85. The maximum absolute atomic E-state index is 10.5. The highest BCUT2D eigenvalue weighted by Gasteiger charge is 2.21. The Morgan fingerprint density at radius 3 is 3.00 bits per heavy atom. The van der Waals surface area contributed by atoms with E-state index in [1.54, 1.807) is 6.92 Å². The van der Waals surface area contributed by atoms with Crippen LogP contribution in [0.1, 0.15) is 6.92 Å². The van der Waals surface area contributed by atoms with Crippen molar-refractivity contribution in [2.75, 3.05) is 6.61 Å². The lowest BCUT2D eigenvalue weighted by Crippen LogP contribution is -2.38. The van der Waals surface area contributed by atoms with Gasteiger partial charge in [0.1, 0.15) is 0 Å². The molecule has 1 aliphatic rings. The molecule has 0 saturated heterocycles. The van der Waals surface area contributed by atoms with E-state index in [0.717, 1.165) is 0 Å². The number of ether oxygens (including phenoxy) is 1. The third-order valence-electron chi connectivity index (χ3n) is 1.05. The summed E-state index contributed by atoms with van der Waals surface area (Å²) in [5, 5.41) is 3.45. The Kier molecular flexibility index (Phi) is 1.75. The van der Waals surface area contributed by atoms with Crippen molar-refractivity contribution >= 4 is 11.8 Å². The molecule has 10 heavy (non-hydrogen) atoms. The van der Waals surface area contributed by atoms with Gasteiger partial charge in [0.15, 0.2) is 6.61 Å². The van der Waals surface area contributed by atoms with Crippen molar-refractivity contribution in [1.29, 1.82) is 0 Å². The second kappa shape index (κ2) is 2.55. The van der Waals surface area contributed by atoms with Gasteiger partial charge in [-0.1, -0.05) is 5.16 Å². The largest absolute Gasteiger partial charge is 0.462 e. The normalized spacial score (nSPS) is 24.1. The summed E-state index contributed by atoms with van der Waals surface area (Å²) < 4.78 is 4.90. The summed E-state index contributed by atoms with van der Waals surface area (Å²) in [5.41, 5.74) is 4.93. The highest BCUT2D eigenvalue weighted by Crippen LogP contribution is 2.01. The van der Waals surface area contributed by atoms with E-state index in [4.69, 9.17) is 10.5 Å². The molecule has 1 heterocycles. The summed E-state index contributed by atoms with van der Waals surface area (Å²) in [6.45, 7) is 1.70. The molecule has 0 aromatic heterocycles. The fraction of sp³-hybridized carbons (Fsp3) is 0.600. The third-order valence-corrected chi connectivity index (χ3v) is 1.05. The monoisotopic (exact) mass is 144 g/mol. The topological polar surface area (TPSA) is 73.9 Å². The molecule has 0 aromatic carbocycles. The summed E-state index contributed by atoms with van der Waals surface area (Å²) in [7, 11) is 0. The van der Waals surface area contributed by atoms with E-state index in [1.165, 1.54) is 0 Å². The summed E-state index contributed by atoms with van der Waals surface area (Å²) in [5.74, 6) is -0.204. The molecule has 0 aromatic rings. The second-order valence-electron chi connectivity index (χ2n) is 1.91. The minimum Gasteiger partial charge on any atom is -0.462 e. The highest BCUT2D eigenvalue weighted by atomic mass is 16.7. The Morgan fingerprint density at radius 1 is 1.90 bits per heavy atom. The molecule has 2 N–H and O–H groups in total. The summed E-state index contributed by atoms with van der Waals surface area (Å²) in [4.78, 5) is 15.1. The molecule has 1 amide bonds. The van der Waals surface area contributed by atoms with Crippen molar-refractivity contribution < 1.29 is 14.4 Å². The van der Waals surface area contributed by atoms with Gasteiger partial charge in [0.2, 0.25) is 12.0 Å². The molecular weight excluding hydrogens is 136 g/mol. The zero-order valence-electron chi connectivity index (χ0n) is 5.53. The SMILES string of the molecule is CC1=NOCC(C(N)=O)O1. The maximum atomic E-state index is 10.5. The number of oxime groups is 1. The van der Waals surface area contributed by atoms with Crippen LogP contribution >= 0.6 is 0 Å². The molecule has 0 saturated carbocycles. The Bertz CT molecular complexity index is 178. The second-order valence-corrected chi connectivity index (χ2v) is 1.91. The van der Waals surface area contributed by atoms with Crippen molar-refractivity contribution in [2.24, 2.45) is 10.9 Å². The molecule has 0 aliphatic carbocycles. The molecule has 1 aliphatic heterocycles. The van der Waals surface area contributed by atoms with Crippen molar-refractivity contribution in [1.82, 2.24) is 0 Å². The lowest BCUT2D eigenvalue weighted by Gasteiger charge is -2.17. The van der Waals surface area contributed by atoms with Gasteiger partial charge < -0.3 is 15.3 Å². The van der Waals surface area contributed by atoms with Gasteiger partial charge in [0, 0.05) is 6.92 Å². The van der Waals surface area contributed by atoms with Gasteiger partial charge in [-0.2, -0.15) is 0 Å². The summed E-state index contributed by atoms with van der Waals surface area (Å²) in [6, 6.07) is 0. The van der Waals surface area contributed by atoms with Crippen LogP contribution in [-0.2, 0) is 14.4 Å². The predicted octanol–water partition coefficient (Wildman–Crippen LogP) is -0.780. The van der Waals surface area contributed by atoms with Gasteiger partial charge >= 0.3 is 0 Å². The van der Waals surface area contributed by atoms with Crippen molar-refractivity contribution in [2.45, 2.75) is 13.0 Å². The van der Waals surface area contributed by atoms with Gasteiger partial charge in [0.25, 0.3) is 5.91 Å². The van der Waals surface area contributed by atoms with E-state index in [-0.39, 0.29) is 6.61 Å². The molecule has 1 rings (SSSR count). The minimum atomic E-state index is -0.683. The fourth-order valence-electron chi connectivity index (χ4n) is 0.597. The van der Waals surface area contributed by atoms with Crippen LogP contribution in [0.25, 0.3) is 0 Å². The molecule has 1 atom stereocenters. The van der Waals surface area contributed by atoms with E-state index in [0.29, 0.717) is 5.90 Å². The molecular formula is C5H8N2O3. The lowest BCUT2D eigenvalue weighted by molar-refractivity contribution is -0.130. The standard InChI is InChI=1S/C5H8N2O3/c1-3-7-9-2-4(10-3)5(6)8/h4H,2H2,1H3,(H2,6,8). The number of hydrogen-bond donors (Lipinski definition) is 1. The Morgan fingerprint density at radius 2 is 2.60 bits per heavy atom. The zero-order valence-corrected chi connectivity index (χ0v) is 5.53. The van der Waals surface area contributed by atoms with Crippen LogP contribution in [0.3, 0.4) is 0 Å². The van der Waals surface area contributed by atoms with Crippen molar-refractivity contribution in [3.8, 4) is 0 Å². The third kappa shape index (κ3) is 1.37. The molecule has 5 heteroatoms. The van der Waals surface area contributed by atoms with Crippen LogP contribution in [0.5, 0.6) is 0 Å². The number of carbonyl (C=O) groups is 1. The van der Waals surface area contributed by atoms with Crippen LogP contribution in [0, 0.1) is 0 Å². The molecule has 1 unspecified atom stereocenters. The average Bonchev–Trinajstić information content (AvgIpc) is 1.88. The van der Waals surface area contributed by atoms with Crippen LogP contribution in [-0.4, -0.2) is 24.5 Å². The number of nitrogens with zero attached hydrogens (tertiary/aromatic N) is 1. The molecule has 0 radical (unpaired) electrons. The van der Waals surface area contributed by atoms with Gasteiger partial charge in [-0.15, -0.1) is 0 Å². The Hall–Kier alpha value is -1.26. The van der Waals surface area contributed by atoms with Crippen LogP contribution in [0.15, 0.2) is 5.16 Å². The highest BCUT2D eigenvalue weighted by molar-refractivity contribution is 5.83. The van der Waals surface area contributed by atoms with Crippen molar-refractivity contribution in [3.05, 3.63) is 0 Å². The van der Waals surface area contributed by atoms with E-state index >= 15 is 0 Å². The Labute approximate surface area is 57.8 Å². The van der Waals surface area contributed by atoms with E-state index < -0.39 is 12.0 Å². The number of hydrogen-bond acceptors (Lipinski definition) is 4. The first-order valence-electron chi connectivity index (χ1n) is 2.82. The smallest absolute Gasteiger partial charge is 0.262 e. The van der Waals surface area contributed by atoms with E-state index in [9.17, 15) is 4.79 Å². The predicted molar refractivity (Wildman–Crippen MR) is 33.1 cm³/mol. The van der Waals surface area contributed by atoms with Gasteiger partial charge in [-0.25, -0.2) is 0 Å². The molecule has 5 nitrogen and oxygen atoms in total. The number of rotatable bonds is 1. The quantitative estimate of drug-likeness (QED) is 0.524. The van der Waals surface area contributed by atoms with Crippen molar-refractivity contribution in [3.63, 3.8) is 0 Å². The summed E-state index contributed by atoms with van der Waals surface area (Å²) >= 11 is 0. The minimum absolute atomic E-state index is 0.104. The molecule has 0 bridgehead atoms. The van der Waals surface area contributed by atoms with Gasteiger partial charge in [0.05, 0.1) is 0 Å². The number of primary amides is 1. The first-order chi connectivity index (χ1) is 4.70. The number of amides is 1. The lowest BCUT2D eigenvalue weighted by atomic mass is 10.3. The molecule has 0 fully saturated rings. The first-order valence-corrected chi connectivity index (χ1v) is 2.82. The van der Waals surface area contributed by atoms with Crippen LogP contribution in [0.2, 0.25) is 0 Å². The van der Waals surface area contributed by atoms with Gasteiger partial charge in [-0.05, 0) is 0 Å².